The Kier molecular flexibility index (Phi) is 7.25. The molecule has 1 aromatic carbocycles. The van der Waals surface area contributed by atoms with Gasteiger partial charge in [0, 0.05) is 30.3 Å². The van der Waals surface area contributed by atoms with Crippen LogP contribution in [0.25, 0.3) is 0 Å². The first-order valence-corrected chi connectivity index (χ1v) is 7.69. The molecule has 0 amide bonds. The lowest BCUT2D eigenvalue weighted by Gasteiger charge is -2.27. The van der Waals surface area contributed by atoms with E-state index in [9.17, 15) is 0 Å². The normalized spacial score (nSPS) is 12.5. The van der Waals surface area contributed by atoms with E-state index >= 15 is 0 Å². The lowest BCUT2D eigenvalue weighted by Crippen LogP contribution is -2.28. The minimum Gasteiger partial charge on any atom is -0.372 e. The Morgan fingerprint density at radius 2 is 2.00 bits per heavy atom. The highest BCUT2D eigenvalue weighted by Crippen LogP contribution is 2.25. The highest BCUT2D eigenvalue weighted by Gasteiger charge is 2.10. The molecule has 1 unspecified atom stereocenters. The lowest BCUT2D eigenvalue weighted by atomic mass is 10.1. The molecule has 2 nitrogen and oxygen atoms in total. The largest absolute Gasteiger partial charge is 0.372 e. The van der Waals surface area contributed by atoms with E-state index in [0.29, 0.717) is 6.04 Å². The van der Waals surface area contributed by atoms with E-state index in [0.717, 1.165) is 24.5 Å². The third-order valence-electron chi connectivity index (χ3n) is 3.55. The first-order valence-electron chi connectivity index (χ1n) is 7.32. The second-order valence-electron chi connectivity index (χ2n) is 5.20. The van der Waals surface area contributed by atoms with Crippen LogP contribution in [0.3, 0.4) is 0 Å². The van der Waals surface area contributed by atoms with E-state index in [1.807, 2.05) is 0 Å². The zero-order valence-electron chi connectivity index (χ0n) is 12.7. The molecule has 0 aliphatic heterocycles. The van der Waals surface area contributed by atoms with Gasteiger partial charge in [-0.05, 0) is 44.0 Å². The predicted octanol–water partition coefficient (Wildman–Crippen LogP) is 4.46. The predicted molar refractivity (Wildman–Crippen MR) is 86.2 cm³/mol. The summed E-state index contributed by atoms with van der Waals surface area (Å²) in [5.74, 6) is 0. The number of halogens is 1. The molecule has 0 spiro atoms. The molecule has 0 aliphatic rings. The molecule has 0 saturated carbocycles. The molecule has 19 heavy (non-hydrogen) atoms. The van der Waals surface area contributed by atoms with Crippen molar-refractivity contribution in [1.29, 1.82) is 0 Å². The fourth-order valence-electron chi connectivity index (χ4n) is 2.16. The molecule has 1 N–H and O–H groups in total. The van der Waals surface area contributed by atoms with Gasteiger partial charge in [0.2, 0.25) is 0 Å². The molecule has 0 aromatic heterocycles. The molecule has 1 aromatic rings. The van der Waals surface area contributed by atoms with Crippen LogP contribution in [0.2, 0.25) is 5.02 Å². The van der Waals surface area contributed by atoms with Gasteiger partial charge in [0.25, 0.3) is 0 Å². The second-order valence-corrected chi connectivity index (χ2v) is 5.61. The van der Waals surface area contributed by atoms with Crippen LogP contribution in [0.5, 0.6) is 0 Å². The molecule has 0 radical (unpaired) electrons. The summed E-state index contributed by atoms with van der Waals surface area (Å²) in [5.41, 5.74) is 2.38. The van der Waals surface area contributed by atoms with Crippen molar-refractivity contribution in [1.82, 2.24) is 5.32 Å². The van der Waals surface area contributed by atoms with E-state index in [-0.39, 0.29) is 0 Å². The minimum atomic E-state index is 0.546. The zero-order chi connectivity index (χ0) is 14.3. The number of rotatable bonds is 8. The lowest BCUT2D eigenvalue weighted by molar-refractivity contribution is 0.616. The van der Waals surface area contributed by atoms with Gasteiger partial charge in [-0.2, -0.15) is 0 Å². The summed E-state index contributed by atoms with van der Waals surface area (Å²) in [6.45, 7) is 8.53. The first-order chi connectivity index (χ1) is 9.10. The van der Waals surface area contributed by atoms with Crippen molar-refractivity contribution < 1.29 is 0 Å². The van der Waals surface area contributed by atoms with E-state index in [1.165, 1.54) is 24.1 Å². The first kappa shape index (κ1) is 16.3. The van der Waals surface area contributed by atoms with E-state index in [2.05, 4.69) is 56.2 Å². The van der Waals surface area contributed by atoms with Gasteiger partial charge in [-0.1, -0.05) is 37.9 Å². The molecule has 0 saturated heterocycles. The van der Waals surface area contributed by atoms with Gasteiger partial charge in [0.05, 0.1) is 0 Å². The Morgan fingerprint density at radius 3 is 2.58 bits per heavy atom. The Labute approximate surface area is 123 Å². The van der Waals surface area contributed by atoms with Crippen molar-refractivity contribution in [3.63, 3.8) is 0 Å². The van der Waals surface area contributed by atoms with Crippen LogP contribution in [-0.4, -0.2) is 19.6 Å². The number of nitrogens with one attached hydrogen (secondary N) is 1. The molecular weight excluding hydrogens is 256 g/mol. The molecule has 0 aliphatic carbocycles. The summed E-state index contributed by atoms with van der Waals surface area (Å²) < 4.78 is 0. The topological polar surface area (TPSA) is 15.3 Å². The summed E-state index contributed by atoms with van der Waals surface area (Å²) in [5, 5.41) is 4.24. The van der Waals surface area contributed by atoms with Gasteiger partial charge in [-0.15, -0.1) is 0 Å². The standard InChI is InChI=1S/C16H27ClN2/c1-5-7-13(3)19(4)15-9-8-14(16(17)11-15)12-18-10-6-2/h8-9,11,13,18H,5-7,10,12H2,1-4H3. The smallest absolute Gasteiger partial charge is 0.0471 e. The zero-order valence-corrected chi connectivity index (χ0v) is 13.4. The third-order valence-corrected chi connectivity index (χ3v) is 3.91. The van der Waals surface area contributed by atoms with Gasteiger partial charge in [-0.25, -0.2) is 0 Å². The maximum Gasteiger partial charge on any atom is 0.0471 e. The van der Waals surface area contributed by atoms with Crippen LogP contribution >= 0.6 is 11.6 Å². The highest BCUT2D eigenvalue weighted by atomic mass is 35.5. The van der Waals surface area contributed by atoms with Crippen molar-refractivity contribution in [3.8, 4) is 0 Å². The van der Waals surface area contributed by atoms with Gasteiger partial charge in [0.15, 0.2) is 0 Å². The molecule has 1 rings (SSSR count). The number of hydrogen-bond donors (Lipinski definition) is 1. The average Bonchev–Trinajstić information content (AvgIpc) is 2.40. The summed E-state index contributed by atoms with van der Waals surface area (Å²) in [6, 6.07) is 6.93. The van der Waals surface area contributed by atoms with Crippen molar-refractivity contribution in [2.75, 3.05) is 18.5 Å². The second kappa shape index (κ2) is 8.44. The van der Waals surface area contributed by atoms with E-state index < -0.39 is 0 Å². The molecule has 0 fully saturated rings. The van der Waals surface area contributed by atoms with Crippen LogP contribution in [0.4, 0.5) is 5.69 Å². The summed E-state index contributed by atoms with van der Waals surface area (Å²) in [6.07, 6.45) is 3.55. The van der Waals surface area contributed by atoms with Gasteiger partial charge in [-0.3, -0.25) is 0 Å². The Morgan fingerprint density at radius 1 is 1.26 bits per heavy atom. The summed E-state index contributed by atoms with van der Waals surface area (Å²) in [4.78, 5) is 2.30. The Balaban J connectivity index is 2.70. The Bertz CT molecular complexity index is 379. The third kappa shape index (κ3) is 5.04. The molecule has 0 bridgehead atoms. The summed E-state index contributed by atoms with van der Waals surface area (Å²) in [7, 11) is 2.14. The van der Waals surface area contributed by atoms with E-state index in [1.54, 1.807) is 0 Å². The van der Waals surface area contributed by atoms with Gasteiger partial charge < -0.3 is 10.2 Å². The Hall–Kier alpha value is -0.730. The number of benzene rings is 1. The molecule has 108 valence electrons. The van der Waals surface area contributed by atoms with Crippen LogP contribution in [0.1, 0.15) is 45.6 Å². The maximum absolute atomic E-state index is 6.37. The fourth-order valence-corrected chi connectivity index (χ4v) is 2.41. The van der Waals surface area contributed by atoms with Crippen LogP contribution in [0.15, 0.2) is 18.2 Å². The summed E-state index contributed by atoms with van der Waals surface area (Å²) >= 11 is 6.37. The van der Waals surface area contributed by atoms with E-state index in [4.69, 9.17) is 11.6 Å². The van der Waals surface area contributed by atoms with Crippen molar-refractivity contribution in [2.24, 2.45) is 0 Å². The number of nitrogens with zero attached hydrogens (tertiary/aromatic N) is 1. The van der Waals surface area contributed by atoms with Crippen molar-refractivity contribution in [2.45, 2.75) is 52.6 Å². The van der Waals surface area contributed by atoms with Crippen molar-refractivity contribution >= 4 is 17.3 Å². The molecule has 3 heteroatoms. The minimum absolute atomic E-state index is 0.546. The van der Waals surface area contributed by atoms with Crippen LogP contribution < -0.4 is 10.2 Å². The molecule has 1 atom stereocenters. The van der Waals surface area contributed by atoms with Crippen molar-refractivity contribution in [3.05, 3.63) is 28.8 Å². The number of hydrogen-bond acceptors (Lipinski definition) is 2. The monoisotopic (exact) mass is 282 g/mol. The van der Waals surface area contributed by atoms with Gasteiger partial charge in [0.1, 0.15) is 0 Å². The molecular formula is C16H27ClN2. The SMILES string of the molecule is CCCNCc1ccc(N(C)C(C)CCC)cc1Cl. The van der Waals surface area contributed by atoms with Crippen LogP contribution in [-0.2, 0) is 6.54 Å². The quantitative estimate of drug-likeness (QED) is 0.708. The number of anilines is 1. The van der Waals surface area contributed by atoms with Crippen LogP contribution in [0, 0.1) is 0 Å². The highest BCUT2D eigenvalue weighted by molar-refractivity contribution is 6.31. The maximum atomic E-state index is 6.37. The fraction of sp³-hybridized carbons (Fsp3) is 0.625. The molecule has 0 heterocycles. The van der Waals surface area contributed by atoms with Gasteiger partial charge >= 0.3 is 0 Å². The average molecular weight is 283 g/mol.